The highest BCUT2D eigenvalue weighted by Crippen LogP contribution is 2.36. The zero-order valence-electron chi connectivity index (χ0n) is 23.4. The van der Waals surface area contributed by atoms with E-state index in [4.69, 9.17) is 24.4 Å². The van der Waals surface area contributed by atoms with Crippen molar-refractivity contribution in [2.45, 2.75) is 0 Å². The van der Waals surface area contributed by atoms with Crippen molar-refractivity contribution >= 4 is 43.7 Å². The molecule has 6 aromatic carbocycles. The standard InChI is InChI=1S/C38H23N5O/c1-2-13-25(14-3-1)35-40-36(42-38(41-35)43-32-22-8-6-17-27(32)28-18-7-9-23-33(28)43)30-20-11-21-31-34(30)44-37(39-31)29-19-10-15-24-12-4-5-16-26(24)29/h1-23H. The minimum atomic E-state index is 0.516. The Bertz CT molecular complexity index is 2450. The second-order valence-corrected chi connectivity index (χ2v) is 10.7. The van der Waals surface area contributed by atoms with Gasteiger partial charge in [-0.1, -0.05) is 109 Å². The normalized spacial score (nSPS) is 11.6. The molecule has 3 aromatic heterocycles. The van der Waals surface area contributed by atoms with E-state index in [0.29, 0.717) is 29.1 Å². The van der Waals surface area contributed by atoms with Crippen LogP contribution in [0.15, 0.2) is 144 Å². The van der Waals surface area contributed by atoms with Crippen LogP contribution in [-0.4, -0.2) is 24.5 Å². The van der Waals surface area contributed by atoms with Gasteiger partial charge in [-0.3, -0.25) is 4.57 Å². The predicted molar refractivity (Wildman–Crippen MR) is 176 cm³/mol. The summed E-state index contributed by atoms with van der Waals surface area (Å²) in [5.41, 5.74) is 6.03. The number of hydrogen-bond donors (Lipinski definition) is 0. The number of oxazole rings is 1. The number of rotatable bonds is 4. The maximum Gasteiger partial charge on any atom is 0.238 e. The highest BCUT2D eigenvalue weighted by molar-refractivity contribution is 6.09. The summed E-state index contributed by atoms with van der Waals surface area (Å²) in [6.45, 7) is 0. The van der Waals surface area contributed by atoms with E-state index in [1.165, 1.54) is 0 Å². The quantitative estimate of drug-likeness (QED) is 0.213. The molecule has 6 heteroatoms. The van der Waals surface area contributed by atoms with Crippen molar-refractivity contribution in [3.63, 3.8) is 0 Å². The molecule has 0 radical (unpaired) electrons. The molecule has 0 saturated carbocycles. The summed E-state index contributed by atoms with van der Waals surface area (Å²) in [6, 6.07) is 47.1. The van der Waals surface area contributed by atoms with Crippen LogP contribution in [0.1, 0.15) is 0 Å². The number of para-hydroxylation sites is 3. The first kappa shape index (κ1) is 24.5. The third-order valence-electron chi connectivity index (χ3n) is 8.11. The molecule has 0 aliphatic carbocycles. The number of nitrogens with zero attached hydrogens (tertiary/aromatic N) is 5. The highest BCUT2D eigenvalue weighted by Gasteiger charge is 2.20. The number of benzene rings is 6. The lowest BCUT2D eigenvalue weighted by Crippen LogP contribution is -2.06. The molecule has 0 aliphatic heterocycles. The van der Waals surface area contributed by atoms with Crippen LogP contribution in [0, 0.1) is 0 Å². The van der Waals surface area contributed by atoms with Gasteiger partial charge in [0.15, 0.2) is 17.2 Å². The van der Waals surface area contributed by atoms with Crippen molar-refractivity contribution in [2.24, 2.45) is 0 Å². The molecule has 9 rings (SSSR count). The topological polar surface area (TPSA) is 69.6 Å². The summed E-state index contributed by atoms with van der Waals surface area (Å²) in [5.74, 6) is 2.20. The lowest BCUT2D eigenvalue weighted by atomic mass is 10.0. The number of aromatic nitrogens is 5. The zero-order valence-corrected chi connectivity index (χ0v) is 23.4. The third-order valence-corrected chi connectivity index (χ3v) is 8.11. The van der Waals surface area contributed by atoms with Gasteiger partial charge in [0.2, 0.25) is 11.8 Å². The van der Waals surface area contributed by atoms with Crippen LogP contribution in [-0.2, 0) is 0 Å². The largest absolute Gasteiger partial charge is 0.435 e. The van der Waals surface area contributed by atoms with E-state index in [1.54, 1.807) is 0 Å². The fraction of sp³-hybridized carbons (Fsp3) is 0. The summed E-state index contributed by atoms with van der Waals surface area (Å²) in [7, 11) is 0. The monoisotopic (exact) mass is 565 g/mol. The Kier molecular flexibility index (Phi) is 5.40. The van der Waals surface area contributed by atoms with Crippen molar-refractivity contribution in [3.8, 4) is 40.2 Å². The van der Waals surface area contributed by atoms with Crippen molar-refractivity contribution < 1.29 is 4.42 Å². The molecule has 0 bridgehead atoms. The summed E-state index contributed by atoms with van der Waals surface area (Å²) < 4.78 is 8.66. The molecule has 0 amide bonds. The maximum absolute atomic E-state index is 6.55. The van der Waals surface area contributed by atoms with Gasteiger partial charge in [0.05, 0.1) is 16.6 Å². The van der Waals surface area contributed by atoms with Gasteiger partial charge >= 0.3 is 0 Å². The van der Waals surface area contributed by atoms with Gasteiger partial charge < -0.3 is 4.42 Å². The van der Waals surface area contributed by atoms with Gasteiger partial charge in [-0.05, 0) is 41.1 Å². The van der Waals surface area contributed by atoms with Crippen molar-refractivity contribution in [2.75, 3.05) is 0 Å². The average Bonchev–Trinajstić information content (AvgIpc) is 3.68. The molecule has 0 unspecified atom stereocenters. The molecule has 0 fully saturated rings. The second kappa shape index (κ2) is 9.71. The average molecular weight is 566 g/mol. The van der Waals surface area contributed by atoms with Crippen LogP contribution in [0.2, 0.25) is 0 Å². The summed E-state index contributed by atoms with van der Waals surface area (Å²) in [5, 5.41) is 4.50. The van der Waals surface area contributed by atoms with Gasteiger partial charge in [0, 0.05) is 21.9 Å². The molecule has 0 aliphatic rings. The lowest BCUT2D eigenvalue weighted by Gasteiger charge is -2.11. The van der Waals surface area contributed by atoms with Gasteiger partial charge in [0.1, 0.15) is 5.52 Å². The second-order valence-electron chi connectivity index (χ2n) is 10.7. The van der Waals surface area contributed by atoms with Crippen LogP contribution in [0.25, 0.3) is 83.9 Å². The fourth-order valence-corrected chi connectivity index (χ4v) is 6.09. The predicted octanol–water partition coefficient (Wildman–Crippen LogP) is 9.26. The van der Waals surface area contributed by atoms with Crippen molar-refractivity contribution in [3.05, 3.63) is 140 Å². The SMILES string of the molecule is c1ccc(-c2nc(-c3cccc4nc(-c5cccc6ccccc56)oc34)nc(-n3c4ccccc4c4ccccc43)n2)cc1. The molecule has 0 spiro atoms. The molecule has 0 atom stereocenters. The minimum Gasteiger partial charge on any atom is -0.435 e. The van der Waals surface area contributed by atoms with E-state index >= 15 is 0 Å². The van der Waals surface area contributed by atoms with Gasteiger partial charge in [0.25, 0.3) is 0 Å². The van der Waals surface area contributed by atoms with Crippen LogP contribution in [0.3, 0.4) is 0 Å². The van der Waals surface area contributed by atoms with E-state index in [9.17, 15) is 0 Å². The first-order chi connectivity index (χ1) is 21.8. The van der Waals surface area contributed by atoms with Gasteiger partial charge in [-0.2, -0.15) is 9.97 Å². The first-order valence-electron chi connectivity index (χ1n) is 14.5. The molecule has 6 nitrogen and oxygen atoms in total. The van der Waals surface area contributed by atoms with Gasteiger partial charge in [-0.15, -0.1) is 0 Å². The number of hydrogen-bond acceptors (Lipinski definition) is 5. The third kappa shape index (κ3) is 3.82. The van der Waals surface area contributed by atoms with Crippen molar-refractivity contribution in [1.82, 2.24) is 24.5 Å². The molecule has 44 heavy (non-hydrogen) atoms. The van der Waals surface area contributed by atoms with Crippen LogP contribution >= 0.6 is 0 Å². The Hall–Kier alpha value is -6.14. The summed E-state index contributed by atoms with van der Waals surface area (Å²) >= 11 is 0. The van der Waals surface area contributed by atoms with Crippen LogP contribution < -0.4 is 0 Å². The lowest BCUT2D eigenvalue weighted by molar-refractivity contribution is 0.621. The Morgan fingerprint density at radius 3 is 1.86 bits per heavy atom. The van der Waals surface area contributed by atoms with Crippen LogP contribution in [0.4, 0.5) is 0 Å². The maximum atomic E-state index is 6.55. The molecular formula is C38H23N5O. The Balaban J connectivity index is 1.30. The summed E-state index contributed by atoms with van der Waals surface area (Å²) in [4.78, 5) is 20.1. The van der Waals surface area contributed by atoms with E-state index in [2.05, 4.69) is 59.2 Å². The smallest absolute Gasteiger partial charge is 0.238 e. The highest BCUT2D eigenvalue weighted by atomic mass is 16.3. The molecule has 9 aromatic rings. The minimum absolute atomic E-state index is 0.516. The molecule has 0 N–H and O–H groups in total. The van der Waals surface area contributed by atoms with E-state index in [-0.39, 0.29) is 0 Å². The summed E-state index contributed by atoms with van der Waals surface area (Å²) in [6.07, 6.45) is 0. The molecule has 206 valence electrons. The van der Waals surface area contributed by atoms with Crippen LogP contribution in [0.5, 0.6) is 0 Å². The van der Waals surface area contributed by atoms with E-state index in [0.717, 1.165) is 54.8 Å². The van der Waals surface area contributed by atoms with Crippen molar-refractivity contribution in [1.29, 1.82) is 0 Å². The van der Waals surface area contributed by atoms with Gasteiger partial charge in [-0.25, -0.2) is 9.97 Å². The first-order valence-corrected chi connectivity index (χ1v) is 14.5. The number of fused-ring (bicyclic) bond motifs is 5. The molecular weight excluding hydrogens is 542 g/mol. The van der Waals surface area contributed by atoms with E-state index in [1.807, 2.05) is 84.9 Å². The molecule has 3 heterocycles. The fourth-order valence-electron chi connectivity index (χ4n) is 6.09. The van der Waals surface area contributed by atoms with E-state index < -0.39 is 0 Å². The molecule has 0 saturated heterocycles. The Morgan fingerprint density at radius 1 is 0.455 bits per heavy atom. The Labute approximate surface area is 251 Å². The Morgan fingerprint density at radius 2 is 1.07 bits per heavy atom. The zero-order chi connectivity index (χ0) is 29.0.